The molecule has 1 aliphatic rings. The van der Waals surface area contributed by atoms with Gasteiger partial charge < -0.3 is 40.8 Å². The predicted octanol–water partition coefficient (Wildman–Crippen LogP) is 2.87. The number of fused-ring (bicyclic) bond motifs is 1. The molecular weight excluding hydrogens is 548 g/mol. The van der Waals surface area contributed by atoms with Gasteiger partial charge >= 0.3 is 0 Å². The number of ether oxygens (including phenoxy) is 4. The predicted molar refractivity (Wildman–Crippen MR) is 157 cm³/mol. The highest BCUT2D eigenvalue weighted by molar-refractivity contribution is 6.30. The van der Waals surface area contributed by atoms with Crippen molar-refractivity contribution in [1.82, 2.24) is 5.32 Å². The van der Waals surface area contributed by atoms with Gasteiger partial charge in [-0.3, -0.25) is 9.79 Å². The van der Waals surface area contributed by atoms with Gasteiger partial charge in [-0.05, 0) is 46.5 Å². The number of aliphatic hydroxyl groups excluding tert-OH is 1. The average Bonchev–Trinajstić information content (AvgIpc) is 2.96. The Morgan fingerprint density at radius 3 is 2.46 bits per heavy atom. The van der Waals surface area contributed by atoms with E-state index in [1.54, 1.807) is 12.1 Å². The maximum atomic E-state index is 13.0. The van der Waals surface area contributed by atoms with Crippen LogP contribution in [0.4, 0.5) is 0 Å². The van der Waals surface area contributed by atoms with E-state index >= 15 is 0 Å². The van der Waals surface area contributed by atoms with E-state index in [-0.39, 0.29) is 38.1 Å². The second-order valence-electron chi connectivity index (χ2n) is 9.89. The Labute approximate surface area is 244 Å². The minimum absolute atomic E-state index is 0.0313. The first-order valence-electron chi connectivity index (χ1n) is 13.5. The minimum Gasteiger partial charge on any atom is -0.388 e. The summed E-state index contributed by atoms with van der Waals surface area (Å²) in [6, 6.07) is 20.5. The van der Waals surface area contributed by atoms with Gasteiger partial charge in [0.25, 0.3) is 0 Å². The summed E-state index contributed by atoms with van der Waals surface area (Å²) in [7, 11) is 1.52. The molecule has 4 rings (SSSR count). The number of nitrogens with one attached hydrogen (secondary N) is 1. The van der Waals surface area contributed by atoms with E-state index < -0.39 is 30.6 Å². The summed E-state index contributed by atoms with van der Waals surface area (Å²) < 4.78 is 23.9. The number of carbonyl (C=O) groups excluding carboxylic acids is 1. The summed E-state index contributed by atoms with van der Waals surface area (Å²) in [6.07, 6.45) is -3.04. The maximum absolute atomic E-state index is 13.0. The molecule has 10 nitrogen and oxygen atoms in total. The normalized spacial score (nSPS) is 22.4. The third kappa shape index (κ3) is 8.87. The molecule has 1 amide bonds. The van der Waals surface area contributed by atoms with Crippen LogP contribution in [0.25, 0.3) is 10.8 Å². The molecule has 11 heteroatoms. The third-order valence-corrected chi connectivity index (χ3v) is 7.02. The molecule has 0 radical (unpaired) electrons. The van der Waals surface area contributed by atoms with Crippen molar-refractivity contribution < 1.29 is 28.8 Å². The van der Waals surface area contributed by atoms with Crippen LogP contribution in [0.15, 0.2) is 71.7 Å². The van der Waals surface area contributed by atoms with Crippen LogP contribution in [-0.2, 0) is 37.0 Å². The summed E-state index contributed by atoms with van der Waals surface area (Å²) in [5, 5.41) is 17.0. The van der Waals surface area contributed by atoms with Gasteiger partial charge in [0.1, 0.15) is 24.4 Å². The third-order valence-electron chi connectivity index (χ3n) is 6.77. The number of guanidine groups is 1. The Hall–Kier alpha value is -3.25. The molecule has 0 spiro atoms. The molecule has 41 heavy (non-hydrogen) atoms. The van der Waals surface area contributed by atoms with Crippen LogP contribution in [0, 0.1) is 0 Å². The number of halogens is 1. The number of benzene rings is 3. The first-order valence-corrected chi connectivity index (χ1v) is 13.8. The standard InChI is InChI=1S/C30H37ClN4O6/c1-38-18-24-27(37)28(39-16-19-9-12-23(31)13-10-19)26(35-25(36)7-4-14-34-30(32)33)29(41-24)40-17-20-8-11-21-5-2-3-6-22(21)15-20/h2-3,5-6,8-13,15,24,26-29,37H,4,7,14,16-18H2,1H3,(H,35,36)(H4,32,33,34)/t24-,26-,27-,28-,29?/m1/s1. The van der Waals surface area contributed by atoms with Crippen molar-refractivity contribution in [2.75, 3.05) is 20.3 Å². The van der Waals surface area contributed by atoms with Crippen LogP contribution in [0.3, 0.4) is 0 Å². The quantitative estimate of drug-likeness (QED) is 0.136. The SMILES string of the molecule is COC[C@H]1OC(OCc2ccc3ccccc3c2)[C@H](NC(=O)CCCN=C(N)N)[C@@H](OCc2ccc(Cl)cc2)[C@@H]1O. The van der Waals surface area contributed by atoms with Gasteiger partial charge in [-0.1, -0.05) is 60.1 Å². The molecule has 1 saturated heterocycles. The summed E-state index contributed by atoms with van der Waals surface area (Å²) in [4.78, 5) is 16.9. The average molecular weight is 585 g/mol. The number of amides is 1. The van der Waals surface area contributed by atoms with Crippen molar-refractivity contribution in [2.45, 2.75) is 56.7 Å². The van der Waals surface area contributed by atoms with Crippen LogP contribution in [0.5, 0.6) is 0 Å². The molecular formula is C30H37ClN4O6. The highest BCUT2D eigenvalue weighted by atomic mass is 35.5. The van der Waals surface area contributed by atoms with E-state index in [2.05, 4.69) is 10.3 Å². The van der Waals surface area contributed by atoms with Crippen molar-refractivity contribution in [3.63, 3.8) is 0 Å². The number of hydrogen-bond acceptors (Lipinski definition) is 7. The highest BCUT2D eigenvalue weighted by Gasteiger charge is 2.47. The monoisotopic (exact) mass is 584 g/mol. The lowest BCUT2D eigenvalue weighted by Crippen LogP contribution is -2.65. The van der Waals surface area contributed by atoms with Crippen molar-refractivity contribution in [1.29, 1.82) is 0 Å². The topological polar surface area (TPSA) is 151 Å². The lowest BCUT2D eigenvalue weighted by Gasteiger charge is -2.44. The van der Waals surface area contributed by atoms with Crippen LogP contribution in [0.2, 0.25) is 5.02 Å². The van der Waals surface area contributed by atoms with Crippen molar-refractivity contribution >= 4 is 34.2 Å². The summed E-state index contributed by atoms with van der Waals surface area (Å²) in [6.45, 7) is 0.809. The molecule has 3 aromatic carbocycles. The van der Waals surface area contributed by atoms with Crippen molar-refractivity contribution in [3.8, 4) is 0 Å². The Morgan fingerprint density at radius 1 is 1.02 bits per heavy atom. The number of hydrogen-bond donors (Lipinski definition) is 4. The fourth-order valence-electron chi connectivity index (χ4n) is 4.70. The fourth-order valence-corrected chi connectivity index (χ4v) is 4.83. The summed E-state index contributed by atoms with van der Waals surface area (Å²) in [5.41, 5.74) is 12.6. The summed E-state index contributed by atoms with van der Waals surface area (Å²) >= 11 is 6.03. The second kappa shape index (κ2) is 15.1. The van der Waals surface area contributed by atoms with E-state index in [1.165, 1.54) is 7.11 Å². The smallest absolute Gasteiger partial charge is 0.220 e. The lowest BCUT2D eigenvalue weighted by atomic mass is 9.96. The number of aliphatic hydroxyl groups is 1. The number of carbonyl (C=O) groups is 1. The van der Waals surface area contributed by atoms with Crippen molar-refractivity contribution in [3.05, 3.63) is 82.9 Å². The highest BCUT2D eigenvalue weighted by Crippen LogP contribution is 2.27. The number of rotatable bonds is 13. The zero-order valence-electron chi connectivity index (χ0n) is 22.9. The zero-order chi connectivity index (χ0) is 29.2. The fraction of sp³-hybridized carbons (Fsp3) is 0.400. The lowest BCUT2D eigenvalue weighted by molar-refractivity contribution is -0.282. The molecule has 1 unspecified atom stereocenters. The van der Waals surface area contributed by atoms with E-state index in [1.807, 2.05) is 54.6 Å². The van der Waals surface area contributed by atoms with Gasteiger partial charge in [-0.15, -0.1) is 0 Å². The Morgan fingerprint density at radius 2 is 1.73 bits per heavy atom. The van der Waals surface area contributed by atoms with Crippen LogP contribution < -0.4 is 16.8 Å². The van der Waals surface area contributed by atoms with Crippen molar-refractivity contribution in [2.24, 2.45) is 16.5 Å². The molecule has 5 atom stereocenters. The molecule has 0 bridgehead atoms. The minimum atomic E-state index is -1.10. The molecule has 6 N–H and O–H groups in total. The molecule has 3 aromatic rings. The van der Waals surface area contributed by atoms with Gasteiger partial charge in [-0.2, -0.15) is 0 Å². The van der Waals surface area contributed by atoms with E-state index in [0.717, 1.165) is 21.9 Å². The van der Waals surface area contributed by atoms with Crippen LogP contribution in [-0.4, -0.2) is 67.9 Å². The molecule has 220 valence electrons. The molecule has 0 aliphatic carbocycles. The first-order chi connectivity index (χ1) is 19.8. The molecule has 0 saturated carbocycles. The number of methoxy groups -OCH3 is 1. The molecule has 1 heterocycles. The number of aliphatic imine (C=N–C) groups is 1. The summed E-state index contributed by atoms with van der Waals surface area (Å²) in [5.74, 6) is -0.308. The van der Waals surface area contributed by atoms with Gasteiger partial charge in [0.05, 0.1) is 19.8 Å². The van der Waals surface area contributed by atoms with Crippen LogP contribution >= 0.6 is 11.6 Å². The van der Waals surface area contributed by atoms with Crippen LogP contribution in [0.1, 0.15) is 24.0 Å². The Kier molecular flexibility index (Phi) is 11.3. The molecule has 0 aromatic heterocycles. The van der Waals surface area contributed by atoms with Gasteiger partial charge in [0.2, 0.25) is 5.91 Å². The van der Waals surface area contributed by atoms with Gasteiger partial charge in [0, 0.05) is 25.1 Å². The zero-order valence-corrected chi connectivity index (χ0v) is 23.7. The maximum Gasteiger partial charge on any atom is 0.220 e. The molecule has 1 fully saturated rings. The number of nitrogens with zero attached hydrogens (tertiary/aromatic N) is 1. The second-order valence-corrected chi connectivity index (χ2v) is 10.3. The molecule has 1 aliphatic heterocycles. The van der Waals surface area contributed by atoms with E-state index in [9.17, 15) is 9.90 Å². The van der Waals surface area contributed by atoms with Gasteiger partial charge in [0.15, 0.2) is 12.2 Å². The van der Waals surface area contributed by atoms with E-state index in [4.69, 9.17) is 42.0 Å². The Balaban J connectivity index is 1.53. The first kappa shape index (κ1) is 30.7. The Bertz CT molecular complexity index is 1300. The number of nitrogens with two attached hydrogens (primary N) is 2. The largest absolute Gasteiger partial charge is 0.388 e. The van der Waals surface area contributed by atoms with E-state index in [0.29, 0.717) is 18.0 Å². The van der Waals surface area contributed by atoms with Gasteiger partial charge in [-0.25, -0.2) is 0 Å².